The molecule has 4 heteroatoms. The summed E-state index contributed by atoms with van der Waals surface area (Å²) >= 11 is 0. The van der Waals surface area contributed by atoms with Crippen LogP contribution in [0, 0.1) is 5.92 Å². The van der Waals surface area contributed by atoms with Gasteiger partial charge in [0.15, 0.2) is 0 Å². The first kappa shape index (κ1) is 17.0. The third-order valence-electron chi connectivity index (χ3n) is 5.00. The van der Waals surface area contributed by atoms with Crippen molar-refractivity contribution in [3.8, 4) is 0 Å². The molecule has 1 fully saturated rings. The summed E-state index contributed by atoms with van der Waals surface area (Å²) in [6.07, 6.45) is 8.08. The fourth-order valence-corrected chi connectivity index (χ4v) is 3.25. The molecule has 124 valence electrons. The summed E-state index contributed by atoms with van der Waals surface area (Å²) in [5, 5.41) is 4.43. The highest BCUT2D eigenvalue weighted by atomic mass is 16.2. The number of carbonyl (C=O) groups is 1. The average molecular weight is 305 g/mol. The van der Waals surface area contributed by atoms with Gasteiger partial charge in [0.25, 0.3) is 0 Å². The van der Waals surface area contributed by atoms with Gasteiger partial charge < -0.3 is 4.90 Å². The van der Waals surface area contributed by atoms with Gasteiger partial charge in [0.2, 0.25) is 5.91 Å². The maximum absolute atomic E-state index is 12.3. The Hall–Kier alpha value is -1.32. The van der Waals surface area contributed by atoms with E-state index in [1.807, 2.05) is 6.20 Å². The lowest BCUT2D eigenvalue weighted by atomic mass is 9.93. The third-order valence-corrected chi connectivity index (χ3v) is 5.00. The summed E-state index contributed by atoms with van der Waals surface area (Å²) in [6, 6.07) is 2.15. The molecule has 2 heterocycles. The molecule has 4 nitrogen and oxygen atoms in total. The number of carbonyl (C=O) groups excluding carboxylic acids is 1. The van der Waals surface area contributed by atoms with Crippen LogP contribution in [0.1, 0.15) is 70.9 Å². The zero-order valence-electron chi connectivity index (χ0n) is 14.4. The molecular formula is C18H31N3O. The number of aryl methyl sites for hydroxylation is 1. The molecule has 0 N–H and O–H groups in total. The summed E-state index contributed by atoms with van der Waals surface area (Å²) in [5.41, 5.74) is 1.36. The Morgan fingerprint density at radius 3 is 2.73 bits per heavy atom. The highest BCUT2D eigenvalue weighted by Crippen LogP contribution is 2.28. The number of aromatic nitrogens is 2. The fourth-order valence-electron chi connectivity index (χ4n) is 3.25. The van der Waals surface area contributed by atoms with Gasteiger partial charge >= 0.3 is 0 Å². The van der Waals surface area contributed by atoms with Gasteiger partial charge in [-0.25, -0.2) is 0 Å². The van der Waals surface area contributed by atoms with E-state index in [1.54, 1.807) is 0 Å². The van der Waals surface area contributed by atoms with E-state index < -0.39 is 0 Å². The number of piperidine rings is 1. The second kappa shape index (κ2) is 8.35. The van der Waals surface area contributed by atoms with Crippen molar-refractivity contribution in [3.63, 3.8) is 0 Å². The molecule has 1 aromatic heterocycles. The van der Waals surface area contributed by atoms with Crippen LogP contribution in [-0.2, 0) is 11.3 Å². The monoisotopic (exact) mass is 305 g/mol. The second-order valence-corrected chi connectivity index (χ2v) is 6.69. The van der Waals surface area contributed by atoms with Gasteiger partial charge in [-0.1, -0.05) is 27.2 Å². The molecular weight excluding hydrogens is 274 g/mol. The Balaban J connectivity index is 1.82. The van der Waals surface area contributed by atoms with Crippen LogP contribution in [0.15, 0.2) is 12.3 Å². The Morgan fingerprint density at radius 2 is 2.09 bits per heavy atom. The van der Waals surface area contributed by atoms with Gasteiger partial charge in [0, 0.05) is 43.9 Å². The van der Waals surface area contributed by atoms with Crippen molar-refractivity contribution in [2.75, 3.05) is 13.1 Å². The van der Waals surface area contributed by atoms with E-state index >= 15 is 0 Å². The van der Waals surface area contributed by atoms with Crippen LogP contribution in [0.3, 0.4) is 0 Å². The fraction of sp³-hybridized carbons (Fsp3) is 0.778. The van der Waals surface area contributed by atoms with Crippen molar-refractivity contribution in [1.82, 2.24) is 14.7 Å². The van der Waals surface area contributed by atoms with Gasteiger partial charge in [-0.3, -0.25) is 9.48 Å². The number of hydrogen-bond donors (Lipinski definition) is 0. The van der Waals surface area contributed by atoms with Gasteiger partial charge in [-0.2, -0.15) is 5.10 Å². The van der Waals surface area contributed by atoms with Crippen LogP contribution in [0.2, 0.25) is 0 Å². The van der Waals surface area contributed by atoms with Crippen molar-refractivity contribution < 1.29 is 4.79 Å². The molecule has 22 heavy (non-hydrogen) atoms. The third kappa shape index (κ3) is 4.34. The maximum Gasteiger partial charge on any atom is 0.222 e. The van der Waals surface area contributed by atoms with Gasteiger partial charge in [0.1, 0.15) is 0 Å². The summed E-state index contributed by atoms with van der Waals surface area (Å²) in [6.45, 7) is 9.41. The number of rotatable bonds is 7. The SMILES string of the molecule is CCCn1nccc1C1CCN(C(=O)CCC(C)CC)CC1. The molecule has 1 aliphatic rings. The number of hydrogen-bond acceptors (Lipinski definition) is 2. The predicted octanol–water partition coefficient (Wildman–Crippen LogP) is 3.83. The van der Waals surface area contributed by atoms with Gasteiger partial charge in [-0.05, 0) is 37.7 Å². The first-order chi connectivity index (χ1) is 10.7. The van der Waals surface area contributed by atoms with E-state index in [-0.39, 0.29) is 0 Å². The standard InChI is InChI=1S/C18H31N3O/c1-4-12-21-17(8-11-19-21)16-9-13-20(14-10-16)18(22)7-6-15(3)5-2/h8,11,15-16H,4-7,9-10,12-14H2,1-3H3. The van der Waals surface area contributed by atoms with Crippen molar-refractivity contribution in [1.29, 1.82) is 0 Å². The number of nitrogens with zero attached hydrogens (tertiary/aromatic N) is 3. The van der Waals surface area contributed by atoms with Crippen LogP contribution in [0.25, 0.3) is 0 Å². The highest BCUT2D eigenvalue weighted by Gasteiger charge is 2.25. The van der Waals surface area contributed by atoms with Crippen molar-refractivity contribution >= 4 is 5.91 Å². The quantitative estimate of drug-likeness (QED) is 0.768. The molecule has 0 aromatic carbocycles. The molecule has 1 aromatic rings. The maximum atomic E-state index is 12.3. The van der Waals surface area contributed by atoms with Crippen molar-refractivity contribution in [3.05, 3.63) is 18.0 Å². The van der Waals surface area contributed by atoms with Gasteiger partial charge in [-0.15, -0.1) is 0 Å². The summed E-state index contributed by atoms with van der Waals surface area (Å²) < 4.78 is 2.14. The molecule has 1 unspecified atom stereocenters. The first-order valence-electron chi connectivity index (χ1n) is 8.95. The van der Waals surface area contributed by atoms with E-state index in [9.17, 15) is 4.79 Å². The molecule has 0 aliphatic carbocycles. The smallest absolute Gasteiger partial charge is 0.222 e. The molecule has 1 amide bonds. The van der Waals surface area contributed by atoms with Crippen molar-refractivity contribution in [2.24, 2.45) is 5.92 Å². The number of likely N-dealkylation sites (tertiary alicyclic amines) is 1. The molecule has 1 atom stereocenters. The van der Waals surface area contributed by atoms with Crippen LogP contribution in [0.4, 0.5) is 0 Å². The lowest BCUT2D eigenvalue weighted by Gasteiger charge is -2.32. The normalized spacial score (nSPS) is 17.7. The zero-order valence-corrected chi connectivity index (χ0v) is 14.4. The molecule has 2 rings (SSSR count). The summed E-state index contributed by atoms with van der Waals surface area (Å²) in [4.78, 5) is 14.4. The molecule has 1 aliphatic heterocycles. The Labute approximate surface area is 134 Å². The molecule has 0 bridgehead atoms. The lowest BCUT2D eigenvalue weighted by molar-refractivity contribution is -0.132. The summed E-state index contributed by atoms with van der Waals surface area (Å²) in [5.74, 6) is 1.57. The lowest BCUT2D eigenvalue weighted by Crippen LogP contribution is -2.38. The van der Waals surface area contributed by atoms with Gasteiger partial charge in [0.05, 0.1) is 0 Å². The molecule has 0 saturated carbocycles. The zero-order chi connectivity index (χ0) is 15.9. The van der Waals surface area contributed by atoms with Crippen molar-refractivity contribution in [2.45, 2.75) is 71.8 Å². The minimum absolute atomic E-state index is 0.348. The van der Waals surface area contributed by atoms with E-state index in [2.05, 4.69) is 41.5 Å². The van der Waals surface area contributed by atoms with E-state index in [0.717, 1.165) is 51.7 Å². The van der Waals surface area contributed by atoms with Crippen LogP contribution < -0.4 is 0 Å². The average Bonchev–Trinajstić information content (AvgIpc) is 3.01. The minimum atomic E-state index is 0.348. The summed E-state index contributed by atoms with van der Waals surface area (Å²) in [7, 11) is 0. The predicted molar refractivity (Wildman–Crippen MR) is 89.8 cm³/mol. The molecule has 1 saturated heterocycles. The van der Waals surface area contributed by atoms with E-state index in [1.165, 1.54) is 5.69 Å². The van der Waals surface area contributed by atoms with Crippen LogP contribution in [-0.4, -0.2) is 33.7 Å². The van der Waals surface area contributed by atoms with E-state index in [4.69, 9.17) is 0 Å². The Morgan fingerprint density at radius 1 is 1.36 bits per heavy atom. The first-order valence-corrected chi connectivity index (χ1v) is 8.95. The van der Waals surface area contributed by atoms with Crippen LogP contribution in [0.5, 0.6) is 0 Å². The largest absolute Gasteiger partial charge is 0.343 e. The topological polar surface area (TPSA) is 38.1 Å². The second-order valence-electron chi connectivity index (χ2n) is 6.69. The molecule has 0 radical (unpaired) electrons. The highest BCUT2D eigenvalue weighted by molar-refractivity contribution is 5.76. The Kier molecular flexibility index (Phi) is 6.47. The number of amides is 1. The Bertz CT molecular complexity index is 461. The van der Waals surface area contributed by atoms with Crippen LogP contribution >= 0.6 is 0 Å². The minimum Gasteiger partial charge on any atom is -0.343 e. The van der Waals surface area contributed by atoms with E-state index in [0.29, 0.717) is 24.2 Å². The molecule has 0 spiro atoms.